The number of fused-ring (bicyclic) bond motifs is 1. The molecule has 1 aromatic heterocycles. The Morgan fingerprint density at radius 3 is 3.00 bits per heavy atom. The fourth-order valence-corrected chi connectivity index (χ4v) is 3.41. The highest BCUT2D eigenvalue weighted by molar-refractivity contribution is 5.42. The van der Waals surface area contributed by atoms with Crippen LogP contribution in [0.4, 0.5) is 5.82 Å². The quantitative estimate of drug-likeness (QED) is 0.888. The summed E-state index contributed by atoms with van der Waals surface area (Å²) in [5.41, 5.74) is 6.81. The Bertz CT molecular complexity index is 417. The predicted molar refractivity (Wildman–Crippen MR) is 78.4 cm³/mol. The molecule has 0 aliphatic carbocycles. The van der Waals surface area contributed by atoms with Crippen molar-refractivity contribution in [3.63, 3.8) is 0 Å². The number of hydrogen-bond acceptors (Lipinski definition) is 4. The normalized spacial score (nSPS) is 27.6. The maximum absolute atomic E-state index is 5.58. The number of hydrogen-bond donors (Lipinski definition) is 1. The molecule has 2 saturated heterocycles. The van der Waals surface area contributed by atoms with Gasteiger partial charge in [-0.25, -0.2) is 4.98 Å². The fourth-order valence-electron chi connectivity index (χ4n) is 3.41. The molecular formula is C15H24N4. The number of nitrogens with zero attached hydrogens (tertiary/aromatic N) is 3. The molecule has 2 atom stereocenters. The van der Waals surface area contributed by atoms with E-state index in [-0.39, 0.29) is 0 Å². The lowest BCUT2D eigenvalue weighted by Crippen LogP contribution is -2.55. The Labute approximate surface area is 115 Å². The maximum atomic E-state index is 5.58. The van der Waals surface area contributed by atoms with Gasteiger partial charge in [-0.05, 0) is 50.9 Å². The van der Waals surface area contributed by atoms with Crippen LogP contribution in [0.1, 0.15) is 25.3 Å². The molecule has 2 fully saturated rings. The minimum absolute atomic E-state index is 0.558. The molecule has 3 heterocycles. The van der Waals surface area contributed by atoms with E-state index in [4.69, 9.17) is 5.73 Å². The highest BCUT2D eigenvalue weighted by Gasteiger charge is 2.34. The van der Waals surface area contributed by atoms with Crippen LogP contribution in [0.2, 0.25) is 0 Å². The minimum atomic E-state index is 0.558. The van der Waals surface area contributed by atoms with Gasteiger partial charge in [-0.3, -0.25) is 4.90 Å². The summed E-state index contributed by atoms with van der Waals surface area (Å²) in [4.78, 5) is 9.75. The molecular weight excluding hydrogens is 236 g/mol. The molecule has 4 nitrogen and oxygen atoms in total. The van der Waals surface area contributed by atoms with Crippen molar-refractivity contribution in [3.8, 4) is 0 Å². The molecule has 0 saturated carbocycles. The summed E-state index contributed by atoms with van der Waals surface area (Å²) < 4.78 is 0. The minimum Gasteiger partial charge on any atom is -0.351 e. The number of anilines is 1. The van der Waals surface area contributed by atoms with Crippen LogP contribution < -0.4 is 10.6 Å². The second-order valence-corrected chi connectivity index (χ2v) is 5.86. The monoisotopic (exact) mass is 260 g/mol. The Hall–Kier alpha value is -1.13. The lowest BCUT2D eigenvalue weighted by Gasteiger charge is -2.43. The molecule has 2 unspecified atom stereocenters. The summed E-state index contributed by atoms with van der Waals surface area (Å²) in [7, 11) is 0. The van der Waals surface area contributed by atoms with Crippen molar-refractivity contribution < 1.29 is 0 Å². The lowest BCUT2D eigenvalue weighted by atomic mass is 10.1. The van der Waals surface area contributed by atoms with Crippen LogP contribution in [0.25, 0.3) is 0 Å². The van der Waals surface area contributed by atoms with Crippen molar-refractivity contribution in [1.82, 2.24) is 9.88 Å². The highest BCUT2D eigenvalue weighted by atomic mass is 15.3. The SMILES string of the molecule is CC1CN2CCCC2CN1c1ccc(CCN)cn1. The number of piperazine rings is 1. The molecule has 0 amide bonds. The first-order valence-electron chi connectivity index (χ1n) is 7.43. The Morgan fingerprint density at radius 1 is 1.37 bits per heavy atom. The number of aromatic nitrogens is 1. The van der Waals surface area contributed by atoms with E-state index in [2.05, 4.69) is 33.8 Å². The van der Waals surface area contributed by atoms with Crippen LogP contribution >= 0.6 is 0 Å². The predicted octanol–water partition coefficient (Wildman–Crippen LogP) is 1.26. The van der Waals surface area contributed by atoms with Gasteiger partial charge >= 0.3 is 0 Å². The molecule has 1 aromatic rings. The molecule has 0 radical (unpaired) electrons. The summed E-state index contributed by atoms with van der Waals surface area (Å²) in [6.07, 6.45) is 5.59. The molecule has 19 heavy (non-hydrogen) atoms. The molecule has 3 rings (SSSR count). The number of nitrogens with two attached hydrogens (primary N) is 1. The van der Waals surface area contributed by atoms with E-state index in [1.54, 1.807) is 0 Å². The van der Waals surface area contributed by atoms with Gasteiger partial charge in [-0.15, -0.1) is 0 Å². The second kappa shape index (κ2) is 5.47. The van der Waals surface area contributed by atoms with Gasteiger partial charge in [0.15, 0.2) is 0 Å². The van der Waals surface area contributed by atoms with Crippen LogP contribution in [0, 0.1) is 0 Å². The van der Waals surface area contributed by atoms with E-state index in [0.717, 1.165) is 24.8 Å². The molecule has 2 N–H and O–H groups in total. The molecule has 104 valence electrons. The molecule has 0 bridgehead atoms. The van der Waals surface area contributed by atoms with E-state index in [9.17, 15) is 0 Å². The fraction of sp³-hybridized carbons (Fsp3) is 0.667. The summed E-state index contributed by atoms with van der Waals surface area (Å²) in [5, 5.41) is 0. The van der Waals surface area contributed by atoms with Gasteiger partial charge in [0.25, 0.3) is 0 Å². The molecule has 2 aliphatic rings. The van der Waals surface area contributed by atoms with Gasteiger partial charge in [0.2, 0.25) is 0 Å². The first kappa shape index (κ1) is 12.9. The average molecular weight is 260 g/mol. The smallest absolute Gasteiger partial charge is 0.128 e. The Morgan fingerprint density at radius 2 is 2.26 bits per heavy atom. The van der Waals surface area contributed by atoms with Crippen LogP contribution in [-0.4, -0.2) is 48.1 Å². The van der Waals surface area contributed by atoms with Gasteiger partial charge in [-0.1, -0.05) is 6.07 Å². The number of pyridine rings is 1. The first-order chi connectivity index (χ1) is 9.28. The van der Waals surface area contributed by atoms with E-state index in [0.29, 0.717) is 12.6 Å². The number of rotatable bonds is 3. The topological polar surface area (TPSA) is 45.4 Å². The van der Waals surface area contributed by atoms with Crippen molar-refractivity contribution >= 4 is 5.82 Å². The van der Waals surface area contributed by atoms with E-state index >= 15 is 0 Å². The lowest BCUT2D eigenvalue weighted by molar-refractivity contribution is 0.202. The molecule has 0 spiro atoms. The van der Waals surface area contributed by atoms with Crippen molar-refractivity contribution in [3.05, 3.63) is 23.9 Å². The average Bonchev–Trinajstić information content (AvgIpc) is 2.86. The van der Waals surface area contributed by atoms with Crippen LogP contribution in [0.5, 0.6) is 0 Å². The maximum Gasteiger partial charge on any atom is 0.128 e. The van der Waals surface area contributed by atoms with E-state index < -0.39 is 0 Å². The third-order valence-electron chi connectivity index (χ3n) is 4.47. The van der Waals surface area contributed by atoms with Crippen LogP contribution in [0.15, 0.2) is 18.3 Å². The first-order valence-corrected chi connectivity index (χ1v) is 7.43. The zero-order valence-electron chi connectivity index (χ0n) is 11.8. The second-order valence-electron chi connectivity index (χ2n) is 5.86. The van der Waals surface area contributed by atoms with Crippen molar-refractivity contribution in [1.29, 1.82) is 0 Å². The molecule has 4 heteroatoms. The summed E-state index contributed by atoms with van der Waals surface area (Å²) in [6.45, 7) is 6.59. The largest absolute Gasteiger partial charge is 0.351 e. The third-order valence-corrected chi connectivity index (χ3v) is 4.47. The Balaban J connectivity index is 1.73. The zero-order valence-corrected chi connectivity index (χ0v) is 11.8. The molecule has 0 aromatic carbocycles. The van der Waals surface area contributed by atoms with E-state index in [1.807, 2.05) is 6.20 Å². The van der Waals surface area contributed by atoms with Crippen molar-refractivity contribution in [2.24, 2.45) is 5.73 Å². The third kappa shape index (κ3) is 2.60. The van der Waals surface area contributed by atoms with Crippen LogP contribution in [0.3, 0.4) is 0 Å². The van der Waals surface area contributed by atoms with Gasteiger partial charge in [-0.2, -0.15) is 0 Å². The van der Waals surface area contributed by atoms with Gasteiger partial charge < -0.3 is 10.6 Å². The van der Waals surface area contributed by atoms with Crippen LogP contribution in [-0.2, 0) is 6.42 Å². The molecule has 2 aliphatic heterocycles. The summed E-state index contributed by atoms with van der Waals surface area (Å²) >= 11 is 0. The van der Waals surface area contributed by atoms with Crippen molar-refractivity contribution in [2.45, 2.75) is 38.3 Å². The van der Waals surface area contributed by atoms with E-state index in [1.165, 1.54) is 31.5 Å². The highest BCUT2D eigenvalue weighted by Crippen LogP contribution is 2.27. The Kier molecular flexibility index (Phi) is 3.71. The summed E-state index contributed by atoms with van der Waals surface area (Å²) in [6, 6.07) is 5.62. The van der Waals surface area contributed by atoms with Gasteiger partial charge in [0.05, 0.1) is 0 Å². The van der Waals surface area contributed by atoms with Gasteiger partial charge in [0.1, 0.15) is 5.82 Å². The zero-order chi connectivity index (χ0) is 13.2. The van der Waals surface area contributed by atoms with Gasteiger partial charge in [0, 0.05) is 31.4 Å². The van der Waals surface area contributed by atoms with Crippen molar-refractivity contribution in [2.75, 3.05) is 31.1 Å². The summed E-state index contributed by atoms with van der Waals surface area (Å²) in [5.74, 6) is 1.12. The standard InChI is InChI=1S/C15H24N4/c1-12-10-18-8-2-3-14(18)11-19(12)15-5-4-13(6-7-16)9-17-15/h4-5,9,12,14H,2-3,6-8,10-11,16H2,1H3.